The highest BCUT2D eigenvalue weighted by Crippen LogP contribution is 2.30. The van der Waals surface area contributed by atoms with Gasteiger partial charge >= 0.3 is 5.97 Å². The molecule has 0 atom stereocenters. The summed E-state index contributed by atoms with van der Waals surface area (Å²) in [6.07, 6.45) is 1.62. The Labute approximate surface area is 127 Å². The molecular formula is C14H16ClN3O3. The van der Waals surface area contributed by atoms with Crippen molar-refractivity contribution in [2.45, 2.75) is 20.4 Å². The van der Waals surface area contributed by atoms with E-state index in [1.807, 2.05) is 0 Å². The summed E-state index contributed by atoms with van der Waals surface area (Å²) in [5, 5.41) is 3.37. The van der Waals surface area contributed by atoms with Crippen LogP contribution >= 0.6 is 11.6 Å². The summed E-state index contributed by atoms with van der Waals surface area (Å²) in [6, 6.07) is 3.08. The van der Waals surface area contributed by atoms with Gasteiger partial charge in [0.25, 0.3) is 0 Å². The number of aryl methyl sites for hydroxylation is 1. The first-order valence-electron chi connectivity index (χ1n) is 6.42. The zero-order valence-electron chi connectivity index (χ0n) is 11.8. The van der Waals surface area contributed by atoms with Crippen LogP contribution in [0.5, 0.6) is 0 Å². The Kier molecular flexibility index (Phi) is 4.70. The maximum atomic E-state index is 12.0. The highest BCUT2D eigenvalue weighted by Gasteiger charge is 2.17. The van der Waals surface area contributed by atoms with Crippen LogP contribution in [0.3, 0.4) is 0 Å². The molecule has 0 aliphatic heterocycles. The van der Waals surface area contributed by atoms with Crippen LogP contribution in [-0.4, -0.2) is 17.6 Å². The molecule has 1 aromatic heterocycles. The number of ether oxygens (including phenoxy) is 1. The minimum Gasteiger partial charge on any atom is -0.462 e. The summed E-state index contributed by atoms with van der Waals surface area (Å²) in [5.74, 6) is 0.716. The Morgan fingerprint density at radius 1 is 1.52 bits per heavy atom. The van der Waals surface area contributed by atoms with Crippen LogP contribution in [0.15, 0.2) is 22.7 Å². The molecule has 21 heavy (non-hydrogen) atoms. The SMILES string of the molecule is CCOC(=O)c1cc(N)cc(Cl)c1NCc1ncc(C)o1. The number of hydrogen-bond acceptors (Lipinski definition) is 6. The molecule has 2 aromatic rings. The van der Waals surface area contributed by atoms with Crippen molar-refractivity contribution in [1.82, 2.24) is 4.98 Å². The number of halogens is 1. The number of nitrogens with one attached hydrogen (secondary N) is 1. The molecule has 0 unspecified atom stereocenters. The lowest BCUT2D eigenvalue weighted by Gasteiger charge is -2.13. The van der Waals surface area contributed by atoms with Crippen molar-refractivity contribution >= 4 is 28.9 Å². The van der Waals surface area contributed by atoms with E-state index in [2.05, 4.69) is 10.3 Å². The second-order valence-corrected chi connectivity index (χ2v) is 4.77. The van der Waals surface area contributed by atoms with Crippen molar-refractivity contribution in [3.05, 3.63) is 40.6 Å². The van der Waals surface area contributed by atoms with Gasteiger partial charge in [-0.25, -0.2) is 9.78 Å². The van der Waals surface area contributed by atoms with Gasteiger partial charge < -0.3 is 20.2 Å². The van der Waals surface area contributed by atoms with Gasteiger partial charge in [0.1, 0.15) is 5.76 Å². The smallest absolute Gasteiger partial charge is 0.340 e. The van der Waals surface area contributed by atoms with Crippen LogP contribution in [0.2, 0.25) is 5.02 Å². The Morgan fingerprint density at radius 2 is 2.29 bits per heavy atom. The summed E-state index contributed by atoms with van der Waals surface area (Å²) in [5.41, 5.74) is 6.84. The summed E-state index contributed by atoms with van der Waals surface area (Å²) in [6.45, 7) is 4.10. The predicted octanol–water partition coefficient (Wildman–Crippen LogP) is 3.01. The van der Waals surface area contributed by atoms with Crippen LogP contribution in [0.4, 0.5) is 11.4 Å². The number of anilines is 2. The van der Waals surface area contributed by atoms with Crippen molar-refractivity contribution in [1.29, 1.82) is 0 Å². The first-order chi connectivity index (χ1) is 10.0. The summed E-state index contributed by atoms with van der Waals surface area (Å²) < 4.78 is 10.4. The van der Waals surface area contributed by atoms with Gasteiger partial charge in [0.05, 0.1) is 35.6 Å². The van der Waals surface area contributed by atoms with Crippen molar-refractivity contribution in [2.24, 2.45) is 0 Å². The number of nitrogen functional groups attached to an aromatic ring is 1. The Morgan fingerprint density at radius 3 is 2.90 bits per heavy atom. The topological polar surface area (TPSA) is 90.4 Å². The Bertz CT molecular complexity index is 655. The maximum absolute atomic E-state index is 12.0. The molecule has 1 aromatic carbocycles. The van der Waals surface area contributed by atoms with Gasteiger partial charge in [-0.3, -0.25) is 0 Å². The molecule has 0 bridgehead atoms. The quantitative estimate of drug-likeness (QED) is 0.652. The van der Waals surface area contributed by atoms with E-state index in [1.54, 1.807) is 26.1 Å². The third kappa shape index (κ3) is 3.66. The van der Waals surface area contributed by atoms with E-state index < -0.39 is 5.97 Å². The Hall–Kier alpha value is -2.21. The molecule has 0 spiro atoms. The van der Waals surface area contributed by atoms with E-state index in [0.29, 0.717) is 34.6 Å². The molecule has 0 fully saturated rings. The molecule has 0 saturated heterocycles. The number of rotatable bonds is 5. The first-order valence-corrected chi connectivity index (χ1v) is 6.80. The molecule has 112 valence electrons. The number of nitrogens with two attached hydrogens (primary N) is 1. The Balaban J connectivity index is 2.26. The van der Waals surface area contributed by atoms with Gasteiger partial charge in [-0.05, 0) is 26.0 Å². The first kappa shape index (κ1) is 15.2. The van der Waals surface area contributed by atoms with Gasteiger partial charge in [0, 0.05) is 5.69 Å². The minimum atomic E-state index is -0.488. The zero-order valence-corrected chi connectivity index (χ0v) is 12.5. The lowest BCUT2D eigenvalue weighted by atomic mass is 10.1. The van der Waals surface area contributed by atoms with Crippen molar-refractivity contribution < 1.29 is 13.9 Å². The number of benzene rings is 1. The van der Waals surface area contributed by atoms with Crippen LogP contribution in [0.25, 0.3) is 0 Å². The van der Waals surface area contributed by atoms with Crippen molar-refractivity contribution in [2.75, 3.05) is 17.7 Å². The highest BCUT2D eigenvalue weighted by atomic mass is 35.5. The maximum Gasteiger partial charge on any atom is 0.340 e. The molecular weight excluding hydrogens is 294 g/mol. The monoisotopic (exact) mass is 309 g/mol. The molecule has 0 saturated carbocycles. The number of oxazole rings is 1. The number of hydrogen-bond donors (Lipinski definition) is 2. The normalized spacial score (nSPS) is 10.4. The summed E-state index contributed by atoms with van der Waals surface area (Å²) >= 11 is 6.15. The van der Waals surface area contributed by atoms with E-state index in [4.69, 9.17) is 26.5 Å². The van der Waals surface area contributed by atoms with Gasteiger partial charge in [-0.15, -0.1) is 0 Å². The fraction of sp³-hybridized carbons (Fsp3) is 0.286. The largest absolute Gasteiger partial charge is 0.462 e. The van der Waals surface area contributed by atoms with E-state index in [1.165, 1.54) is 6.07 Å². The predicted molar refractivity (Wildman–Crippen MR) is 80.4 cm³/mol. The highest BCUT2D eigenvalue weighted by molar-refractivity contribution is 6.34. The van der Waals surface area contributed by atoms with Crippen LogP contribution in [0, 0.1) is 6.92 Å². The minimum absolute atomic E-state index is 0.267. The number of esters is 1. The average Bonchev–Trinajstić information content (AvgIpc) is 2.83. The second kappa shape index (κ2) is 6.49. The van der Waals surface area contributed by atoms with Crippen molar-refractivity contribution in [3.63, 3.8) is 0 Å². The number of nitrogens with zero attached hydrogens (tertiary/aromatic N) is 1. The fourth-order valence-corrected chi connectivity index (χ4v) is 2.12. The van der Waals surface area contributed by atoms with E-state index in [9.17, 15) is 4.79 Å². The van der Waals surface area contributed by atoms with Crippen molar-refractivity contribution in [3.8, 4) is 0 Å². The number of carbonyl (C=O) groups is 1. The molecule has 7 heteroatoms. The second-order valence-electron chi connectivity index (χ2n) is 4.36. The molecule has 2 rings (SSSR count). The average molecular weight is 310 g/mol. The fourth-order valence-electron chi connectivity index (χ4n) is 1.82. The van der Waals surface area contributed by atoms with Gasteiger partial charge in [0.15, 0.2) is 0 Å². The van der Waals surface area contributed by atoms with Crippen LogP contribution < -0.4 is 11.1 Å². The van der Waals surface area contributed by atoms with E-state index in [0.717, 1.165) is 0 Å². The standard InChI is InChI=1S/C14H16ClN3O3/c1-3-20-14(19)10-4-9(16)5-11(15)13(10)18-7-12-17-6-8(2)21-12/h4-6,18H,3,7,16H2,1-2H3. The van der Waals surface area contributed by atoms with E-state index in [-0.39, 0.29) is 12.2 Å². The number of aromatic nitrogens is 1. The molecule has 0 radical (unpaired) electrons. The van der Waals surface area contributed by atoms with Gasteiger partial charge in [-0.2, -0.15) is 0 Å². The van der Waals surface area contributed by atoms with Crippen LogP contribution in [0.1, 0.15) is 28.9 Å². The summed E-state index contributed by atoms with van der Waals surface area (Å²) in [7, 11) is 0. The molecule has 1 heterocycles. The molecule has 6 nitrogen and oxygen atoms in total. The number of carbonyl (C=O) groups excluding carboxylic acids is 1. The van der Waals surface area contributed by atoms with Crippen LogP contribution in [-0.2, 0) is 11.3 Å². The van der Waals surface area contributed by atoms with Gasteiger partial charge in [0.2, 0.25) is 5.89 Å². The summed E-state index contributed by atoms with van der Waals surface area (Å²) in [4.78, 5) is 16.0. The lowest BCUT2D eigenvalue weighted by Crippen LogP contribution is -2.11. The van der Waals surface area contributed by atoms with Gasteiger partial charge in [-0.1, -0.05) is 11.6 Å². The molecule has 0 aliphatic rings. The lowest BCUT2D eigenvalue weighted by molar-refractivity contribution is 0.0527. The third-order valence-corrected chi connectivity index (χ3v) is 2.99. The molecule has 3 N–H and O–H groups in total. The third-order valence-electron chi connectivity index (χ3n) is 2.69. The molecule has 0 aliphatic carbocycles. The molecule has 0 amide bonds. The zero-order chi connectivity index (χ0) is 15.4. The van der Waals surface area contributed by atoms with E-state index >= 15 is 0 Å².